The van der Waals surface area contributed by atoms with Crippen molar-refractivity contribution < 1.29 is 13.2 Å². The fourth-order valence-electron chi connectivity index (χ4n) is 2.72. The van der Waals surface area contributed by atoms with Gasteiger partial charge in [-0.05, 0) is 41.5 Å². The van der Waals surface area contributed by atoms with Gasteiger partial charge in [0.1, 0.15) is 0 Å². The Hall–Kier alpha value is -2.50. The fourth-order valence-corrected chi connectivity index (χ4v) is 3.88. The highest BCUT2D eigenvalue weighted by atomic mass is 32.2. The first kappa shape index (κ1) is 17.3. The van der Waals surface area contributed by atoms with Gasteiger partial charge in [0, 0.05) is 19.2 Å². The molecule has 0 aromatic heterocycles. The van der Waals surface area contributed by atoms with E-state index < -0.39 is 10.0 Å². The molecule has 0 aliphatic heterocycles. The second-order valence-corrected chi connectivity index (χ2v) is 8.07. The lowest BCUT2D eigenvalue weighted by Gasteiger charge is -2.18. The van der Waals surface area contributed by atoms with E-state index in [-0.39, 0.29) is 17.2 Å². The number of ketones is 1. The minimum atomic E-state index is -3.61. The Bertz CT molecular complexity index is 1020. The van der Waals surface area contributed by atoms with Gasteiger partial charge in [-0.3, -0.25) is 4.79 Å². The number of hydrogen-bond donors (Lipinski definition) is 0. The van der Waals surface area contributed by atoms with E-state index in [1.807, 2.05) is 42.5 Å². The van der Waals surface area contributed by atoms with E-state index in [0.717, 1.165) is 16.3 Å². The van der Waals surface area contributed by atoms with E-state index in [0.29, 0.717) is 5.56 Å². The summed E-state index contributed by atoms with van der Waals surface area (Å²) in [5.74, 6) is -0.0894. The van der Waals surface area contributed by atoms with Gasteiger partial charge < -0.3 is 0 Å². The zero-order chi connectivity index (χ0) is 18.0. The van der Waals surface area contributed by atoms with Gasteiger partial charge in [0.15, 0.2) is 5.78 Å². The van der Waals surface area contributed by atoms with E-state index in [4.69, 9.17) is 0 Å². The molecule has 0 saturated heterocycles. The highest BCUT2D eigenvalue weighted by molar-refractivity contribution is 7.89. The second kappa shape index (κ2) is 6.78. The Morgan fingerprint density at radius 1 is 0.920 bits per heavy atom. The lowest BCUT2D eigenvalue weighted by Crippen LogP contribution is -2.26. The molecule has 0 saturated carbocycles. The molecule has 3 aromatic carbocycles. The van der Waals surface area contributed by atoms with E-state index >= 15 is 0 Å². The molecule has 25 heavy (non-hydrogen) atoms. The molecule has 3 aromatic rings. The van der Waals surface area contributed by atoms with Crippen LogP contribution >= 0.6 is 0 Å². The van der Waals surface area contributed by atoms with Crippen molar-refractivity contribution in [2.45, 2.75) is 18.4 Å². The predicted octanol–water partition coefficient (Wildman–Crippen LogP) is 3.86. The number of sulfonamides is 1. The third-order valence-electron chi connectivity index (χ3n) is 4.19. The third kappa shape index (κ3) is 3.62. The molecule has 4 nitrogen and oxygen atoms in total. The maximum absolute atomic E-state index is 12.7. The molecule has 0 spiro atoms. The Morgan fingerprint density at radius 3 is 2.20 bits per heavy atom. The molecule has 0 aliphatic rings. The van der Waals surface area contributed by atoms with Crippen LogP contribution in [0.15, 0.2) is 71.6 Å². The Labute approximate surface area is 147 Å². The van der Waals surface area contributed by atoms with Crippen LogP contribution in [0.5, 0.6) is 0 Å². The molecule has 0 radical (unpaired) electrons. The first-order valence-corrected chi connectivity index (χ1v) is 9.37. The van der Waals surface area contributed by atoms with Crippen LogP contribution in [0.25, 0.3) is 10.8 Å². The number of rotatable bonds is 5. The van der Waals surface area contributed by atoms with Crippen LogP contribution in [0.1, 0.15) is 22.8 Å². The second-order valence-electron chi connectivity index (χ2n) is 6.02. The first-order valence-electron chi connectivity index (χ1n) is 7.93. The molecule has 0 atom stereocenters. The molecule has 0 heterocycles. The van der Waals surface area contributed by atoms with Crippen molar-refractivity contribution in [2.24, 2.45) is 0 Å². The summed E-state index contributed by atoms with van der Waals surface area (Å²) in [5, 5.41) is 2.20. The summed E-state index contributed by atoms with van der Waals surface area (Å²) in [5.41, 5.74) is 1.42. The highest BCUT2D eigenvalue weighted by Crippen LogP contribution is 2.20. The van der Waals surface area contributed by atoms with E-state index in [1.165, 1.54) is 23.4 Å². The molecule has 0 amide bonds. The van der Waals surface area contributed by atoms with Gasteiger partial charge in [0.05, 0.1) is 4.90 Å². The van der Waals surface area contributed by atoms with Gasteiger partial charge in [-0.15, -0.1) is 0 Å². The molecular formula is C20H19NO3S. The van der Waals surface area contributed by atoms with Crippen molar-refractivity contribution in [3.63, 3.8) is 0 Å². The summed E-state index contributed by atoms with van der Waals surface area (Å²) in [6, 6.07) is 19.9. The number of benzene rings is 3. The molecular weight excluding hydrogens is 334 g/mol. The van der Waals surface area contributed by atoms with Crippen LogP contribution < -0.4 is 0 Å². The smallest absolute Gasteiger partial charge is 0.243 e. The van der Waals surface area contributed by atoms with Crippen LogP contribution in [0.4, 0.5) is 0 Å². The molecule has 3 rings (SSSR count). The maximum atomic E-state index is 12.7. The van der Waals surface area contributed by atoms with Gasteiger partial charge in [0.25, 0.3) is 0 Å². The number of hydrogen-bond acceptors (Lipinski definition) is 3. The molecule has 5 heteroatoms. The van der Waals surface area contributed by atoms with Crippen LogP contribution in [-0.4, -0.2) is 25.6 Å². The molecule has 0 fully saturated rings. The van der Waals surface area contributed by atoms with E-state index in [2.05, 4.69) is 0 Å². The summed E-state index contributed by atoms with van der Waals surface area (Å²) < 4.78 is 26.8. The predicted molar refractivity (Wildman–Crippen MR) is 99.0 cm³/mol. The fraction of sp³-hybridized carbons (Fsp3) is 0.150. The van der Waals surface area contributed by atoms with Crippen LogP contribution in [0.2, 0.25) is 0 Å². The first-order chi connectivity index (χ1) is 11.9. The van der Waals surface area contributed by atoms with Gasteiger partial charge in [-0.1, -0.05) is 48.5 Å². The number of Topliss-reactive ketones (excluding diaryl/α,β-unsaturated/α-hetero) is 1. The topological polar surface area (TPSA) is 54.5 Å². The summed E-state index contributed by atoms with van der Waals surface area (Å²) in [7, 11) is -2.05. The van der Waals surface area contributed by atoms with Crippen molar-refractivity contribution in [3.05, 3.63) is 77.9 Å². The van der Waals surface area contributed by atoms with Crippen molar-refractivity contribution >= 4 is 26.6 Å². The number of carbonyl (C=O) groups is 1. The standard InChI is InChI=1S/C20H19NO3S/c1-15(22)17-9-11-20(12-10-17)25(23,24)21(2)14-16-7-8-18-5-3-4-6-19(18)13-16/h3-13H,14H2,1-2H3. The van der Waals surface area contributed by atoms with Gasteiger partial charge >= 0.3 is 0 Å². The number of fused-ring (bicyclic) bond motifs is 1. The van der Waals surface area contributed by atoms with Crippen molar-refractivity contribution in [3.8, 4) is 0 Å². The third-order valence-corrected chi connectivity index (χ3v) is 6.01. The van der Waals surface area contributed by atoms with Crippen LogP contribution in [0.3, 0.4) is 0 Å². The lowest BCUT2D eigenvalue weighted by atomic mass is 10.1. The Balaban J connectivity index is 1.84. The summed E-state index contributed by atoms with van der Waals surface area (Å²) in [6.45, 7) is 1.73. The number of nitrogens with zero attached hydrogens (tertiary/aromatic N) is 1. The minimum absolute atomic E-state index is 0.0894. The zero-order valence-corrected chi connectivity index (χ0v) is 15.0. The minimum Gasteiger partial charge on any atom is -0.295 e. The Kier molecular flexibility index (Phi) is 4.70. The van der Waals surface area contributed by atoms with Crippen LogP contribution in [0, 0.1) is 0 Å². The van der Waals surface area contributed by atoms with Crippen molar-refractivity contribution in [1.82, 2.24) is 4.31 Å². The molecule has 0 bridgehead atoms. The highest BCUT2D eigenvalue weighted by Gasteiger charge is 2.21. The summed E-state index contributed by atoms with van der Waals surface area (Å²) >= 11 is 0. The van der Waals surface area contributed by atoms with Crippen LogP contribution in [-0.2, 0) is 16.6 Å². The van der Waals surface area contributed by atoms with Gasteiger partial charge in [0.2, 0.25) is 10.0 Å². The van der Waals surface area contributed by atoms with E-state index in [9.17, 15) is 13.2 Å². The SMILES string of the molecule is CC(=O)c1ccc(S(=O)(=O)N(C)Cc2ccc3ccccc3c2)cc1. The van der Waals surface area contributed by atoms with E-state index in [1.54, 1.807) is 19.2 Å². The maximum Gasteiger partial charge on any atom is 0.243 e. The number of carbonyl (C=O) groups excluding carboxylic acids is 1. The molecule has 0 N–H and O–H groups in total. The normalized spacial score (nSPS) is 11.8. The quantitative estimate of drug-likeness (QED) is 0.655. The Morgan fingerprint density at radius 2 is 1.56 bits per heavy atom. The molecule has 0 aliphatic carbocycles. The van der Waals surface area contributed by atoms with Crippen molar-refractivity contribution in [2.75, 3.05) is 7.05 Å². The average molecular weight is 353 g/mol. The molecule has 128 valence electrons. The summed E-state index contributed by atoms with van der Waals surface area (Å²) in [6.07, 6.45) is 0. The lowest BCUT2D eigenvalue weighted by molar-refractivity contribution is 0.101. The van der Waals surface area contributed by atoms with Gasteiger partial charge in [-0.2, -0.15) is 4.31 Å². The summed E-state index contributed by atoms with van der Waals surface area (Å²) in [4.78, 5) is 11.5. The van der Waals surface area contributed by atoms with Crippen molar-refractivity contribution in [1.29, 1.82) is 0 Å². The zero-order valence-electron chi connectivity index (χ0n) is 14.1. The average Bonchev–Trinajstić information content (AvgIpc) is 2.61. The van der Waals surface area contributed by atoms with Gasteiger partial charge in [-0.25, -0.2) is 8.42 Å². The monoisotopic (exact) mass is 353 g/mol. The largest absolute Gasteiger partial charge is 0.295 e. The molecule has 0 unspecified atom stereocenters.